The Morgan fingerprint density at radius 1 is 1.10 bits per heavy atom. The predicted octanol–water partition coefficient (Wildman–Crippen LogP) is 2.10. The molecule has 1 saturated heterocycles. The van der Waals surface area contributed by atoms with Crippen LogP contribution in [-0.4, -0.2) is 35.6 Å². The van der Waals surface area contributed by atoms with Gasteiger partial charge < -0.3 is 5.32 Å². The van der Waals surface area contributed by atoms with Gasteiger partial charge in [-0.25, -0.2) is 0 Å². The SMILES string of the molecule is c1ccc(CC2CNCCN2Cc2cccnc2)cc1. The number of hydrogen-bond acceptors (Lipinski definition) is 3. The van der Waals surface area contributed by atoms with Crippen molar-refractivity contribution in [2.45, 2.75) is 19.0 Å². The van der Waals surface area contributed by atoms with E-state index in [1.807, 2.05) is 18.5 Å². The van der Waals surface area contributed by atoms with Crippen LogP contribution in [0.5, 0.6) is 0 Å². The molecule has 20 heavy (non-hydrogen) atoms. The van der Waals surface area contributed by atoms with E-state index in [1.54, 1.807) is 0 Å². The number of piperazine rings is 1. The normalized spacial score (nSPS) is 19.9. The highest BCUT2D eigenvalue weighted by molar-refractivity contribution is 5.17. The molecule has 1 aromatic heterocycles. The molecule has 1 atom stereocenters. The van der Waals surface area contributed by atoms with Gasteiger partial charge in [0, 0.05) is 44.6 Å². The van der Waals surface area contributed by atoms with Gasteiger partial charge >= 0.3 is 0 Å². The Morgan fingerprint density at radius 2 is 1.95 bits per heavy atom. The van der Waals surface area contributed by atoms with Crippen molar-refractivity contribution in [3.63, 3.8) is 0 Å². The maximum atomic E-state index is 4.22. The Balaban J connectivity index is 1.68. The maximum Gasteiger partial charge on any atom is 0.0312 e. The minimum Gasteiger partial charge on any atom is -0.314 e. The minimum atomic E-state index is 0.561. The zero-order chi connectivity index (χ0) is 13.6. The summed E-state index contributed by atoms with van der Waals surface area (Å²) in [6, 6.07) is 15.5. The lowest BCUT2D eigenvalue weighted by Gasteiger charge is -2.36. The van der Waals surface area contributed by atoms with Gasteiger partial charge in [-0.2, -0.15) is 0 Å². The molecule has 0 amide bonds. The van der Waals surface area contributed by atoms with E-state index in [9.17, 15) is 0 Å². The Kier molecular flexibility index (Phi) is 4.41. The Bertz CT molecular complexity index is 463. The topological polar surface area (TPSA) is 28.2 Å². The fourth-order valence-electron chi connectivity index (χ4n) is 2.82. The number of hydrogen-bond donors (Lipinski definition) is 1. The number of nitrogens with one attached hydrogen (secondary N) is 1. The molecule has 0 saturated carbocycles. The first-order valence-electron chi connectivity index (χ1n) is 7.29. The van der Waals surface area contributed by atoms with Gasteiger partial charge in [0.05, 0.1) is 0 Å². The summed E-state index contributed by atoms with van der Waals surface area (Å²) in [5, 5.41) is 3.51. The molecule has 2 heterocycles. The highest BCUT2D eigenvalue weighted by atomic mass is 15.2. The van der Waals surface area contributed by atoms with Crippen LogP contribution in [0.25, 0.3) is 0 Å². The Hall–Kier alpha value is -1.71. The van der Waals surface area contributed by atoms with Crippen molar-refractivity contribution in [2.75, 3.05) is 19.6 Å². The molecule has 1 N–H and O–H groups in total. The first-order chi connectivity index (χ1) is 9.92. The van der Waals surface area contributed by atoms with Crippen LogP contribution in [0.2, 0.25) is 0 Å². The largest absolute Gasteiger partial charge is 0.314 e. The van der Waals surface area contributed by atoms with Gasteiger partial charge in [-0.3, -0.25) is 9.88 Å². The molecule has 1 aromatic carbocycles. The molecule has 1 aliphatic heterocycles. The smallest absolute Gasteiger partial charge is 0.0312 e. The Morgan fingerprint density at radius 3 is 2.75 bits per heavy atom. The van der Waals surface area contributed by atoms with Gasteiger partial charge in [0.25, 0.3) is 0 Å². The molecule has 0 aliphatic carbocycles. The minimum absolute atomic E-state index is 0.561. The first kappa shape index (κ1) is 13.3. The molecular formula is C17H21N3. The van der Waals surface area contributed by atoms with Gasteiger partial charge in [-0.15, -0.1) is 0 Å². The third-order valence-electron chi connectivity index (χ3n) is 3.89. The number of pyridine rings is 1. The first-order valence-corrected chi connectivity index (χ1v) is 7.29. The van der Waals surface area contributed by atoms with E-state index in [0.717, 1.165) is 32.6 Å². The van der Waals surface area contributed by atoms with Crippen LogP contribution in [0.1, 0.15) is 11.1 Å². The molecule has 0 spiro atoms. The molecule has 3 rings (SSSR count). The van der Waals surface area contributed by atoms with Crippen molar-refractivity contribution in [3.05, 3.63) is 66.0 Å². The second-order valence-electron chi connectivity index (χ2n) is 5.38. The van der Waals surface area contributed by atoms with Gasteiger partial charge in [0.1, 0.15) is 0 Å². The lowest BCUT2D eigenvalue weighted by molar-refractivity contribution is 0.152. The van der Waals surface area contributed by atoms with Crippen LogP contribution in [0.4, 0.5) is 0 Å². The van der Waals surface area contributed by atoms with Crippen molar-refractivity contribution in [2.24, 2.45) is 0 Å². The summed E-state index contributed by atoms with van der Waals surface area (Å²) in [7, 11) is 0. The number of rotatable bonds is 4. The fourth-order valence-corrected chi connectivity index (χ4v) is 2.82. The summed E-state index contributed by atoms with van der Waals surface area (Å²) in [6.45, 7) is 4.24. The molecule has 1 fully saturated rings. The quantitative estimate of drug-likeness (QED) is 0.919. The van der Waals surface area contributed by atoms with E-state index >= 15 is 0 Å². The fraction of sp³-hybridized carbons (Fsp3) is 0.353. The monoisotopic (exact) mass is 267 g/mol. The van der Waals surface area contributed by atoms with Crippen LogP contribution >= 0.6 is 0 Å². The van der Waals surface area contributed by atoms with Gasteiger partial charge in [0.15, 0.2) is 0 Å². The maximum absolute atomic E-state index is 4.22. The van der Waals surface area contributed by atoms with Crippen LogP contribution in [-0.2, 0) is 13.0 Å². The summed E-state index contributed by atoms with van der Waals surface area (Å²) < 4.78 is 0. The van der Waals surface area contributed by atoms with Crippen LogP contribution < -0.4 is 5.32 Å². The zero-order valence-electron chi connectivity index (χ0n) is 11.7. The number of aromatic nitrogens is 1. The van der Waals surface area contributed by atoms with Crippen LogP contribution in [0.3, 0.4) is 0 Å². The molecule has 1 unspecified atom stereocenters. The van der Waals surface area contributed by atoms with Crippen molar-refractivity contribution in [3.8, 4) is 0 Å². The highest BCUT2D eigenvalue weighted by Gasteiger charge is 2.22. The molecule has 3 nitrogen and oxygen atoms in total. The van der Waals surface area contributed by atoms with Gasteiger partial charge in [-0.1, -0.05) is 36.4 Å². The Labute approximate surface area is 120 Å². The standard InChI is InChI=1S/C17H21N3/c1-2-5-15(6-3-1)11-17-13-19-9-10-20(17)14-16-7-4-8-18-12-16/h1-8,12,17,19H,9-11,13-14H2. The predicted molar refractivity (Wildman–Crippen MR) is 81.5 cm³/mol. The summed E-state index contributed by atoms with van der Waals surface area (Å²) in [4.78, 5) is 6.79. The molecule has 3 heteroatoms. The molecule has 104 valence electrons. The van der Waals surface area contributed by atoms with E-state index in [4.69, 9.17) is 0 Å². The second kappa shape index (κ2) is 6.64. The van der Waals surface area contributed by atoms with E-state index in [0.29, 0.717) is 6.04 Å². The third kappa shape index (κ3) is 3.44. The summed E-state index contributed by atoms with van der Waals surface area (Å²) >= 11 is 0. The summed E-state index contributed by atoms with van der Waals surface area (Å²) in [5.41, 5.74) is 2.71. The average Bonchev–Trinajstić information content (AvgIpc) is 2.51. The van der Waals surface area contributed by atoms with E-state index in [2.05, 4.69) is 51.6 Å². The van der Waals surface area contributed by atoms with Crippen molar-refractivity contribution in [1.29, 1.82) is 0 Å². The third-order valence-corrected chi connectivity index (χ3v) is 3.89. The molecule has 1 aliphatic rings. The summed E-state index contributed by atoms with van der Waals surface area (Å²) in [6.07, 6.45) is 4.92. The van der Waals surface area contributed by atoms with Crippen LogP contribution in [0.15, 0.2) is 54.9 Å². The molecule has 0 bridgehead atoms. The molecule has 0 radical (unpaired) electrons. The van der Waals surface area contributed by atoms with Gasteiger partial charge in [-0.05, 0) is 23.6 Å². The summed E-state index contributed by atoms with van der Waals surface area (Å²) in [5.74, 6) is 0. The lowest BCUT2D eigenvalue weighted by Crippen LogP contribution is -2.51. The lowest BCUT2D eigenvalue weighted by atomic mass is 10.0. The average molecular weight is 267 g/mol. The molecular weight excluding hydrogens is 246 g/mol. The molecule has 2 aromatic rings. The second-order valence-corrected chi connectivity index (χ2v) is 5.38. The zero-order valence-corrected chi connectivity index (χ0v) is 11.7. The van der Waals surface area contributed by atoms with Crippen molar-refractivity contribution in [1.82, 2.24) is 15.2 Å². The number of nitrogens with zero attached hydrogens (tertiary/aromatic N) is 2. The van der Waals surface area contributed by atoms with Crippen LogP contribution in [0, 0.1) is 0 Å². The highest BCUT2D eigenvalue weighted by Crippen LogP contribution is 2.14. The van der Waals surface area contributed by atoms with Crippen molar-refractivity contribution >= 4 is 0 Å². The van der Waals surface area contributed by atoms with E-state index < -0.39 is 0 Å². The number of benzene rings is 1. The van der Waals surface area contributed by atoms with Crippen molar-refractivity contribution < 1.29 is 0 Å². The van der Waals surface area contributed by atoms with E-state index in [1.165, 1.54) is 11.1 Å². The van der Waals surface area contributed by atoms with E-state index in [-0.39, 0.29) is 0 Å². The van der Waals surface area contributed by atoms with Gasteiger partial charge in [0.2, 0.25) is 0 Å².